The summed E-state index contributed by atoms with van der Waals surface area (Å²) < 4.78 is 40.0. The molecule has 1 aliphatic rings. The van der Waals surface area contributed by atoms with Gasteiger partial charge in [0, 0.05) is 31.7 Å². The number of benzene rings is 2. The molecule has 0 N–H and O–H groups in total. The van der Waals surface area contributed by atoms with Crippen LogP contribution in [0.25, 0.3) is 0 Å². The van der Waals surface area contributed by atoms with Crippen molar-refractivity contribution in [2.24, 2.45) is 0 Å². The van der Waals surface area contributed by atoms with Gasteiger partial charge in [0.25, 0.3) is 0 Å². The Morgan fingerprint density at radius 1 is 1.04 bits per heavy atom. The van der Waals surface area contributed by atoms with Crippen LogP contribution in [-0.2, 0) is 15.8 Å². The molecule has 1 heterocycles. The lowest BCUT2D eigenvalue weighted by Crippen LogP contribution is -2.50. The van der Waals surface area contributed by atoms with Gasteiger partial charge in [-0.15, -0.1) is 0 Å². The second-order valence-corrected chi connectivity index (χ2v) is 8.77. The summed E-state index contributed by atoms with van der Waals surface area (Å²) in [6.07, 6.45) is 0. The maximum absolute atomic E-state index is 13.3. The standard InChI is InChI=1S/C20H23FN2O3S/c1-16-13-18(7-8-19(16)21)20(24)14-22-9-11-23(12-10-22)27(25,26)15-17-5-3-2-4-6-17/h2-8,13H,9-12,14-15H2,1H3. The second kappa shape index (κ2) is 8.29. The zero-order chi connectivity index (χ0) is 19.4. The molecular formula is C20H23FN2O3S. The molecule has 1 fully saturated rings. The summed E-state index contributed by atoms with van der Waals surface area (Å²) in [5.74, 6) is -0.427. The summed E-state index contributed by atoms with van der Waals surface area (Å²) in [6.45, 7) is 3.57. The lowest BCUT2D eigenvalue weighted by Gasteiger charge is -2.33. The maximum atomic E-state index is 13.3. The Kier molecular flexibility index (Phi) is 6.04. The number of carbonyl (C=O) groups is 1. The molecule has 2 aromatic carbocycles. The first kappa shape index (κ1) is 19.7. The van der Waals surface area contributed by atoms with Crippen LogP contribution < -0.4 is 0 Å². The second-order valence-electron chi connectivity index (χ2n) is 6.80. The number of sulfonamides is 1. The van der Waals surface area contributed by atoms with E-state index in [0.29, 0.717) is 37.3 Å². The molecule has 0 aromatic heterocycles. The van der Waals surface area contributed by atoms with Crippen molar-refractivity contribution in [3.8, 4) is 0 Å². The Morgan fingerprint density at radius 2 is 1.70 bits per heavy atom. The van der Waals surface area contributed by atoms with E-state index in [9.17, 15) is 17.6 Å². The number of hydrogen-bond acceptors (Lipinski definition) is 4. The third kappa shape index (κ3) is 5.00. The van der Waals surface area contributed by atoms with Crippen molar-refractivity contribution in [3.63, 3.8) is 0 Å². The van der Waals surface area contributed by atoms with Crippen LogP contribution in [0.3, 0.4) is 0 Å². The topological polar surface area (TPSA) is 57.7 Å². The van der Waals surface area contributed by atoms with Gasteiger partial charge in [-0.3, -0.25) is 9.69 Å². The summed E-state index contributed by atoms with van der Waals surface area (Å²) >= 11 is 0. The van der Waals surface area contributed by atoms with Crippen LogP contribution in [0.2, 0.25) is 0 Å². The number of piperazine rings is 1. The Labute approximate surface area is 159 Å². The highest BCUT2D eigenvalue weighted by Crippen LogP contribution is 2.15. The first-order valence-corrected chi connectivity index (χ1v) is 10.5. The highest BCUT2D eigenvalue weighted by molar-refractivity contribution is 7.88. The van der Waals surface area contributed by atoms with Crippen LogP contribution in [0.5, 0.6) is 0 Å². The molecular weight excluding hydrogens is 367 g/mol. The van der Waals surface area contributed by atoms with E-state index in [0.717, 1.165) is 5.56 Å². The molecule has 144 valence electrons. The number of nitrogens with zero attached hydrogens (tertiary/aromatic N) is 2. The van der Waals surface area contributed by atoms with Crippen LogP contribution in [0, 0.1) is 12.7 Å². The van der Waals surface area contributed by atoms with E-state index in [2.05, 4.69) is 0 Å². The van der Waals surface area contributed by atoms with E-state index < -0.39 is 10.0 Å². The predicted octanol–water partition coefficient (Wildman–Crippen LogP) is 2.46. The molecule has 5 nitrogen and oxygen atoms in total. The monoisotopic (exact) mass is 390 g/mol. The number of hydrogen-bond donors (Lipinski definition) is 0. The highest BCUT2D eigenvalue weighted by atomic mass is 32.2. The number of ketones is 1. The quantitative estimate of drug-likeness (QED) is 0.711. The minimum Gasteiger partial charge on any atom is -0.293 e. The van der Waals surface area contributed by atoms with Gasteiger partial charge < -0.3 is 0 Å². The first-order chi connectivity index (χ1) is 12.8. The van der Waals surface area contributed by atoms with E-state index in [1.165, 1.54) is 16.4 Å². The van der Waals surface area contributed by atoms with Crippen LogP contribution in [0.1, 0.15) is 21.5 Å². The Morgan fingerprint density at radius 3 is 2.33 bits per heavy atom. The lowest BCUT2D eigenvalue weighted by atomic mass is 10.1. The summed E-state index contributed by atoms with van der Waals surface area (Å²) in [4.78, 5) is 14.3. The molecule has 3 rings (SSSR count). The van der Waals surface area contributed by atoms with Gasteiger partial charge in [-0.1, -0.05) is 30.3 Å². The molecule has 0 saturated carbocycles. The molecule has 7 heteroatoms. The molecule has 1 aliphatic heterocycles. The van der Waals surface area contributed by atoms with Gasteiger partial charge in [-0.2, -0.15) is 4.31 Å². The molecule has 27 heavy (non-hydrogen) atoms. The van der Waals surface area contributed by atoms with Crippen molar-refractivity contribution in [2.45, 2.75) is 12.7 Å². The average Bonchev–Trinajstić information content (AvgIpc) is 2.65. The van der Waals surface area contributed by atoms with Crippen molar-refractivity contribution >= 4 is 15.8 Å². The van der Waals surface area contributed by atoms with Gasteiger partial charge in [0.05, 0.1) is 12.3 Å². The highest BCUT2D eigenvalue weighted by Gasteiger charge is 2.28. The fourth-order valence-corrected chi connectivity index (χ4v) is 4.67. The molecule has 0 spiro atoms. The number of rotatable bonds is 6. The molecule has 0 radical (unpaired) electrons. The molecule has 0 atom stereocenters. The number of aryl methyl sites for hydroxylation is 1. The summed E-state index contributed by atoms with van der Waals surface area (Å²) in [7, 11) is -3.37. The molecule has 0 aliphatic carbocycles. The molecule has 0 unspecified atom stereocenters. The Hall–Kier alpha value is -2.09. The summed E-state index contributed by atoms with van der Waals surface area (Å²) in [5, 5.41) is 0. The molecule has 0 bridgehead atoms. The van der Waals surface area contributed by atoms with E-state index in [-0.39, 0.29) is 23.9 Å². The molecule has 0 amide bonds. The van der Waals surface area contributed by atoms with E-state index in [4.69, 9.17) is 0 Å². The van der Waals surface area contributed by atoms with Gasteiger partial charge >= 0.3 is 0 Å². The predicted molar refractivity (Wildman–Crippen MR) is 103 cm³/mol. The largest absolute Gasteiger partial charge is 0.293 e. The zero-order valence-electron chi connectivity index (χ0n) is 15.3. The average molecular weight is 390 g/mol. The summed E-state index contributed by atoms with van der Waals surface area (Å²) in [6, 6.07) is 13.5. The van der Waals surface area contributed by atoms with E-state index in [1.54, 1.807) is 25.1 Å². The van der Waals surface area contributed by atoms with Gasteiger partial charge in [-0.05, 0) is 36.2 Å². The lowest BCUT2D eigenvalue weighted by molar-refractivity contribution is 0.0901. The van der Waals surface area contributed by atoms with Gasteiger partial charge in [0.2, 0.25) is 10.0 Å². The third-order valence-corrected chi connectivity index (χ3v) is 6.61. The van der Waals surface area contributed by atoms with Crippen LogP contribution in [0.15, 0.2) is 48.5 Å². The minimum atomic E-state index is -3.37. The fourth-order valence-electron chi connectivity index (χ4n) is 3.15. The SMILES string of the molecule is Cc1cc(C(=O)CN2CCN(S(=O)(=O)Cc3ccccc3)CC2)ccc1F. The van der Waals surface area contributed by atoms with E-state index >= 15 is 0 Å². The van der Waals surface area contributed by atoms with Crippen molar-refractivity contribution in [2.75, 3.05) is 32.7 Å². The van der Waals surface area contributed by atoms with Crippen LogP contribution in [-0.4, -0.2) is 56.1 Å². The third-order valence-electron chi connectivity index (χ3n) is 4.76. The van der Waals surface area contributed by atoms with Crippen LogP contribution >= 0.6 is 0 Å². The van der Waals surface area contributed by atoms with Gasteiger partial charge in [-0.25, -0.2) is 12.8 Å². The maximum Gasteiger partial charge on any atom is 0.218 e. The number of carbonyl (C=O) groups excluding carboxylic acids is 1. The Bertz CT molecular complexity index is 908. The fraction of sp³-hybridized carbons (Fsp3) is 0.350. The Balaban J connectivity index is 1.55. The summed E-state index contributed by atoms with van der Waals surface area (Å²) in [5.41, 5.74) is 1.69. The van der Waals surface area contributed by atoms with Gasteiger partial charge in [0.15, 0.2) is 5.78 Å². The van der Waals surface area contributed by atoms with Crippen molar-refractivity contribution in [1.29, 1.82) is 0 Å². The molecule has 1 saturated heterocycles. The smallest absolute Gasteiger partial charge is 0.218 e. The van der Waals surface area contributed by atoms with E-state index in [1.807, 2.05) is 23.1 Å². The number of halogens is 1. The minimum absolute atomic E-state index is 0.0123. The number of Topliss-reactive ketones (excluding diaryl/α,β-unsaturated/α-hetero) is 1. The molecule has 2 aromatic rings. The normalized spacial score (nSPS) is 16.4. The van der Waals surface area contributed by atoms with Crippen molar-refractivity contribution in [3.05, 3.63) is 71.0 Å². The van der Waals surface area contributed by atoms with Crippen molar-refractivity contribution in [1.82, 2.24) is 9.21 Å². The zero-order valence-corrected chi connectivity index (χ0v) is 16.1. The van der Waals surface area contributed by atoms with Gasteiger partial charge in [0.1, 0.15) is 5.82 Å². The van der Waals surface area contributed by atoms with Crippen molar-refractivity contribution < 1.29 is 17.6 Å². The van der Waals surface area contributed by atoms with Crippen LogP contribution in [0.4, 0.5) is 4.39 Å². The first-order valence-electron chi connectivity index (χ1n) is 8.88.